The molecular formula is C22H31N3O. The van der Waals surface area contributed by atoms with E-state index >= 15 is 0 Å². The van der Waals surface area contributed by atoms with Crippen LogP contribution in [0.5, 0.6) is 5.75 Å². The average Bonchev–Trinajstić information content (AvgIpc) is 2.63. The van der Waals surface area contributed by atoms with Gasteiger partial charge in [-0.15, -0.1) is 0 Å². The van der Waals surface area contributed by atoms with Crippen molar-refractivity contribution in [1.29, 1.82) is 0 Å². The molecule has 1 aliphatic carbocycles. The fourth-order valence-electron chi connectivity index (χ4n) is 3.88. The zero-order valence-corrected chi connectivity index (χ0v) is 16.4. The molecule has 0 atom stereocenters. The highest BCUT2D eigenvalue weighted by molar-refractivity contribution is 5.95. The zero-order valence-electron chi connectivity index (χ0n) is 16.4. The van der Waals surface area contributed by atoms with Crippen molar-refractivity contribution in [3.63, 3.8) is 0 Å². The van der Waals surface area contributed by atoms with E-state index in [0.717, 1.165) is 30.9 Å². The minimum Gasteiger partial charge on any atom is -0.495 e. The average molecular weight is 354 g/mol. The van der Waals surface area contributed by atoms with Gasteiger partial charge in [0.2, 0.25) is 0 Å². The van der Waals surface area contributed by atoms with Gasteiger partial charge in [0.25, 0.3) is 0 Å². The van der Waals surface area contributed by atoms with E-state index in [0.29, 0.717) is 6.54 Å². The van der Waals surface area contributed by atoms with Crippen LogP contribution in [0, 0.1) is 11.8 Å². The van der Waals surface area contributed by atoms with Gasteiger partial charge in [-0.05, 0) is 49.1 Å². The maximum absolute atomic E-state index is 5.68. The minimum absolute atomic E-state index is 0.0737. The van der Waals surface area contributed by atoms with Gasteiger partial charge in [0.15, 0.2) is 0 Å². The third-order valence-corrected chi connectivity index (χ3v) is 5.52. The molecule has 1 saturated carbocycles. The molecule has 0 amide bonds. The number of ether oxygens (including phenoxy) is 1. The number of hydrogen-bond donors (Lipinski definition) is 2. The van der Waals surface area contributed by atoms with Crippen LogP contribution in [-0.4, -0.2) is 32.6 Å². The van der Waals surface area contributed by atoms with E-state index in [-0.39, 0.29) is 5.41 Å². The summed E-state index contributed by atoms with van der Waals surface area (Å²) in [5.41, 5.74) is 3.74. The van der Waals surface area contributed by atoms with Crippen LogP contribution >= 0.6 is 0 Å². The summed E-state index contributed by atoms with van der Waals surface area (Å²) < 4.78 is 5.68. The third kappa shape index (κ3) is 3.59. The molecule has 0 bridgehead atoms. The Morgan fingerprint density at radius 1 is 1.27 bits per heavy atom. The molecule has 1 heterocycles. The van der Waals surface area contributed by atoms with Crippen LogP contribution in [0.25, 0.3) is 0 Å². The highest BCUT2D eigenvalue weighted by Crippen LogP contribution is 2.49. The number of nitrogens with one attached hydrogen (secondary N) is 2. The first-order valence-electron chi connectivity index (χ1n) is 9.95. The molecule has 2 N–H and O–H groups in total. The van der Waals surface area contributed by atoms with E-state index in [2.05, 4.69) is 48.5 Å². The molecule has 0 unspecified atom stereocenters. The van der Waals surface area contributed by atoms with Crippen LogP contribution < -0.4 is 15.4 Å². The van der Waals surface area contributed by atoms with Gasteiger partial charge in [-0.2, -0.15) is 0 Å². The normalized spacial score (nSPS) is 16.8. The molecule has 1 spiro atoms. The molecule has 4 nitrogen and oxygen atoms in total. The van der Waals surface area contributed by atoms with Crippen molar-refractivity contribution in [2.24, 2.45) is 4.99 Å². The molecule has 1 fully saturated rings. The van der Waals surface area contributed by atoms with Gasteiger partial charge in [-0.1, -0.05) is 38.5 Å². The predicted molar refractivity (Wildman–Crippen MR) is 108 cm³/mol. The van der Waals surface area contributed by atoms with Crippen molar-refractivity contribution in [3.8, 4) is 17.6 Å². The second-order valence-corrected chi connectivity index (χ2v) is 7.17. The molecule has 1 aromatic rings. The van der Waals surface area contributed by atoms with E-state index in [1.54, 1.807) is 7.11 Å². The summed E-state index contributed by atoms with van der Waals surface area (Å²) in [6.45, 7) is 7.69. The van der Waals surface area contributed by atoms with Crippen LogP contribution in [0.3, 0.4) is 0 Å². The van der Waals surface area contributed by atoms with Crippen LogP contribution in [0.15, 0.2) is 17.1 Å². The quantitative estimate of drug-likeness (QED) is 0.609. The van der Waals surface area contributed by atoms with E-state index in [9.17, 15) is 0 Å². The first kappa shape index (κ1) is 18.8. The Bertz CT molecular complexity index is 723. The molecule has 2 aliphatic rings. The molecule has 26 heavy (non-hydrogen) atoms. The molecule has 0 aromatic heterocycles. The minimum atomic E-state index is 0.0737. The first-order valence-corrected chi connectivity index (χ1v) is 9.95. The summed E-state index contributed by atoms with van der Waals surface area (Å²) >= 11 is 0. The van der Waals surface area contributed by atoms with Crippen molar-refractivity contribution in [2.45, 2.75) is 57.9 Å². The second kappa shape index (κ2) is 8.60. The van der Waals surface area contributed by atoms with E-state index in [1.807, 2.05) is 0 Å². The maximum Gasteiger partial charge on any atom is 0.134 e. The van der Waals surface area contributed by atoms with Crippen molar-refractivity contribution in [2.75, 3.05) is 26.7 Å². The SMILES string of the molecule is CCCCNC1=NCc2cc(C#CCNCC)c(OC)cc2C12CCC2. The number of unbranched alkanes of at least 4 members (excludes halogenated alkanes) is 1. The second-order valence-electron chi connectivity index (χ2n) is 7.17. The van der Waals surface area contributed by atoms with Gasteiger partial charge in [0.1, 0.15) is 11.6 Å². The molecule has 4 heteroatoms. The number of nitrogens with zero attached hydrogens (tertiary/aromatic N) is 1. The standard InChI is InChI=1S/C22H31N3O/c1-4-6-13-24-21-22(10-8-11-22)19-15-20(26-3)17(9-7-12-23-5-2)14-18(19)16-25-21/h14-15,23H,4-6,8,10-13,16H2,1-3H3,(H,24,25). The van der Waals surface area contributed by atoms with E-state index in [1.165, 1.54) is 49.1 Å². The summed E-state index contributed by atoms with van der Waals surface area (Å²) in [6.07, 6.45) is 6.00. The Kier molecular flexibility index (Phi) is 6.21. The third-order valence-electron chi connectivity index (χ3n) is 5.52. The molecule has 0 saturated heterocycles. The van der Waals surface area contributed by atoms with Crippen molar-refractivity contribution in [3.05, 3.63) is 28.8 Å². The lowest BCUT2D eigenvalue weighted by atomic mass is 9.61. The van der Waals surface area contributed by atoms with Gasteiger partial charge in [-0.25, -0.2) is 0 Å². The first-order chi connectivity index (χ1) is 12.7. The maximum atomic E-state index is 5.68. The Labute approximate surface area is 157 Å². The topological polar surface area (TPSA) is 45.7 Å². The monoisotopic (exact) mass is 353 g/mol. The number of rotatable bonds is 6. The molecular weight excluding hydrogens is 322 g/mol. The van der Waals surface area contributed by atoms with Crippen molar-refractivity contribution < 1.29 is 4.74 Å². The molecule has 1 aliphatic heterocycles. The van der Waals surface area contributed by atoms with Crippen molar-refractivity contribution in [1.82, 2.24) is 10.6 Å². The summed E-state index contributed by atoms with van der Waals surface area (Å²) in [7, 11) is 1.74. The number of fused-ring (bicyclic) bond motifs is 2. The van der Waals surface area contributed by atoms with E-state index < -0.39 is 0 Å². The van der Waals surface area contributed by atoms with E-state index in [4.69, 9.17) is 9.73 Å². The molecule has 3 rings (SSSR count). The predicted octanol–water partition coefficient (Wildman–Crippen LogP) is 3.38. The molecule has 0 radical (unpaired) electrons. The largest absolute Gasteiger partial charge is 0.495 e. The number of aliphatic imine (C=N–C) groups is 1. The number of methoxy groups -OCH3 is 1. The lowest BCUT2D eigenvalue weighted by molar-refractivity contribution is 0.322. The zero-order chi connectivity index (χ0) is 18.4. The Morgan fingerprint density at radius 2 is 2.12 bits per heavy atom. The lowest BCUT2D eigenvalue weighted by Crippen LogP contribution is -2.51. The highest BCUT2D eigenvalue weighted by atomic mass is 16.5. The van der Waals surface area contributed by atoms with Gasteiger partial charge in [-0.3, -0.25) is 4.99 Å². The summed E-state index contributed by atoms with van der Waals surface area (Å²) in [5, 5.41) is 6.86. The van der Waals surface area contributed by atoms with Crippen LogP contribution in [-0.2, 0) is 12.0 Å². The summed E-state index contributed by atoms with van der Waals surface area (Å²) in [4.78, 5) is 4.93. The number of hydrogen-bond acceptors (Lipinski definition) is 4. The van der Waals surface area contributed by atoms with Crippen molar-refractivity contribution >= 4 is 5.84 Å². The van der Waals surface area contributed by atoms with Crippen LogP contribution in [0.4, 0.5) is 0 Å². The van der Waals surface area contributed by atoms with Crippen LogP contribution in [0.1, 0.15) is 62.6 Å². The number of amidine groups is 1. The fraction of sp³-hybridized carbons (Fsp3) is 0.591. The lowest BCUT2D eigenvalue weighted by Gasteiger charge is -2.46. The van der Waals surface area contributed by atoms with Gasteiger partial charge in [0, 0.05) is 6.54 Å². The highest BCUT2D eigenvalue weighted by Gasteiger charge is 2.46. The van der Waals surface area contributed by atoms with Gasteiger partial charge in [0.05, 0.1) is 31.2 Å². The Hall–Kier alpha value is -1.99. The Morgan fingerprint density at radius 3 is 2.77 bits per heavy atom. The summed E-state index contributed by atoms with van der Waals surface area (Å²) in [5.74, 6) is 8.53. The molecule has 140 valence electrons. The smallest absolute Gasteiger partial charge is 0.134 e. The van der Waals surface area contributed by atoms with Gasteiger partial charge >= 0.3 is 0 Å². The number of benzene rings is 1. The molecule has 1 aromatic carbocycles. The van der Waals surface area contributed by atoms with Gasteiger partial charge < -0.3 is 15.4 Å². The Balaban J connectivity index is 1.90. The summed E-state index contributed by atoms with van der Waals surface area (Å²) in [6, 6.07) is 4.42. The fourth-order valence-corrected chi connectivity index (χ4v) is 3.88. The van der Waals surface area contributed by atoms with Crippen LogP contribution in [0.2, 0.25) is 0 Å².